The van der Waals surface area contributed by atoms with Gasteiger partial charge < -0.3 is 19.8 Å². The molecular formula is C16H21N3O2. The molecule has 1 aliphatic rings. The molecule has 0 amide bonds. The molecule has 0 bridgehead atoms. The number of nitrogens with one attached hydrogen (secondary N) is 2. The van der Waals surface area contributed by atoms with Crippen molar-refractivity contribution in [1.29, 1.82) is 0 Å². The maximum Gasteiger partial charge on any atom is 0.124 e. The minimum atomic E-state index is 0.251. The summed E-state index contributed by atoms with van der Waals surface area (Å²) in [5.74, 6) is 2.86. The van der Waals surface area contributed by atoms with Crippen LogP contribution in [0.3, 0.4) is 0 Å². The molecule has 0 saturated carbocycles. The Kier molecular flexibility index (Phi) is 4.10. The third-order valence-electron chi connectivity index (χ3n) is 3.54. The first-order chi connectivity index (χ1) is 10.3. The van der Waals surface area contributed by atoms with Crippen LogP contribution in [-0.2, 0) is 19.5 Å². The SMILES string of the molecule is CCOc1cc2c(cc1CNCc1ncc[nH]1)O[C@H](C)C2. The van der Waals surface area contributed by atoms with Gasteiger partial charge in [0, 0.05) is 36.5 Å². The highest BCUT2D eigenvalue weighted by atomic mass is 16.5. The molecule has 0 unspecified atom stereocenters. The van der Waals surface area contributed by atoms with Gasteiger partial charge >= 0.3 is 0 Å². The zero-order chi connectivity index (χ0) is 14.7. The number of fused-ring (bicyclic) bond motifs is 1. The summed E-state index contributed by atoms with van der Waals surface area (Å²) < 4.78 is 11.6. The Bertz CT molecular complexity index is 596. The minimum absolute atomic E-state index is 0.251. The highest BCUT2D eigenvalue weighted by molar-refractivity contribution is 5.48. The molecule has 5 heteroatoms. The molecule has 1 aromatic heterocycles. The fourth-order valence-corrected chi connectivity index (χ4v) is 2.62. The summed E-state index contributed by atoms with van der Waals surface area (Å²) in [5, 5.41) is 3.38. The molecule has 0 spiro atoms. The van der Waals surface area contributed by atoms with Gasteiger partial charge in [-0.1, -0.05) is 0 Å². The minimum Gasteiger partial charge on any atom is -0.494 e. The fourth-order valence-electron chi connectivity index (χ4n) is 2.62. The maximum absolute atomic E-state index is 5.83. The Morgan fingerprint density at radius 3 is 3.10 bits per heavy atom. The van der Waals surface area contributed by atoms with E-state index in [1.54, 1.807) is 6.20 Å². The first-order valence-corrected chi connectivity index (χ1v) is 7.40. The third kappa shape index (κ3) is 3.19. The Balaban J connectivity index is 1.72. The van der Waals surface area contributed by atoms with Gasteiger partial charge in [-0.15, -0.1) is 0 Å². The summed E-state index contributed by atoms with van der Waals surface area (Å²) in [7, 11) is 0. The van der Waals surface area contributed by atoms with Gasteiger partial charge in [0.15, 0.2) is 0 Å². The number of aromatic amines is 1. The summed E-state index contributed by atoms with van der Waals surface area (Å²) in [6.45, 7) is 6.19. The normalized spacial score (nSPS) is 16.6. The van der Waals surface area contributed by atoms with Crippen molar-refractivity contribution in [1.82, 2.24) is 15.3 Å². The van der Waals surface area contributed by atoms with Crippen LogP contribution in [0.25, 0.3) is 0 Å². The van der Waals surface area contributed by atoms with Crippen LogP contribution in [0, 0.1) is 0 Å². The lowest BCUT2D eigenvalue weighted by molar-refractivity contribution is 0.254. The van der Waals surface area contributed by atoms with E-state index >= 15 is 0 Å². The van der Waals surface area contributed by atoms with Crippen molar-refractivity contribution in [3.63, 3.8) is 0 Å². The molecule has 0 saturated heterocycles. The molecule has 0 radical (unpaired) electrons. The van der Waals surface area contributed by atoms with Crippen LogP contribution in [0.2, 0.25) is 0 Å². The molecule has 2 heterocycles. The number of ether oxygens (including phenoxy) is 2. The van der Waals surface area contributed by atoms with Gasteiger partial charge in [0.25, 0.3) is 0 Å². The summed E-state index contributed by atoms with van der Waals surface area (Å²) in [5.41, 5.74) is 2.36. The topological polar surface area (TPSA) is 59.2 Å². The molecule has 0 fully saturated rings. The average molecular weight is 287 g/mol. The number of nitrogens with zero attached hydrogens (tertiary/aromatic N) is 1. The van der Waals surface area contributed by atoms with E-state index in [0.29, 0.717) is 13.2 Å². The second-order valence-corrected chi connectivity index (χ2v) is 5.27. The van der Waals surface area contributed by atoms with Crippen LogP contribution in [0.4, 0.5) is 0 Å². The van der Waals surface area contributed by atoms with Crippen molar-refractivity contribution >= 4 is 0 Å². The van der Waals surface area contributed by atoms with Crippen LogP contribution >= 0.6 is 0 Å². The van der Waals surface area contributed by atoms with Crippen LogP contribution in [0.15, 0.2) is 24.5 Å². The largest absolute Gasteiger partial charge is 0.494 e. The van der Waals surface area contributed by atoms with E-state index in [-0.39, 0.29) is 6.10 Å². The zero-order valence-electron chi connectivity index (χ0n) is 12.5. The molecule has 2 N–H and O–H groups in total. The first kappa shape index (κ1) is 13.9. The molecule has 1 atom stereocenters. The highest BCUT2D eigenvalue weighted by Crippen LogP contribution is 2.35. The fraction of sp³-hybridized carbons (Fsp3) is 0.438. The Morgan fingerprint density at radius 1 is 1.43 bits per heavy atom. The number of rotatable bonds is 6. The first-order valence-electron chi connectivity index (χ1n) is 7.40. The number of benzene rings is 1. The molecule has 112 valence electrons. The number of H-pyrrole nitrogens is 1. The highest BCUT2D eigenvalue weighted by Gasteiger charge is 2.21. The smallest absolute Gasteiger partial charge is 0.124 e. The van der Waals surface area contributed by atoms with Crippen LogP contribution < -0.4 is 14.8 Å². The van der Waals surface area contributed by atoms with E-state index in [1.807, 2.05) is 13.1 Å². The summed E-state index contributed by atoms with van der Waals surface area (Å²) >= 11 is 0. The number of hydrogen-bond donors (Lipinski definition) is 2. The van der Waals surface area contributed by atoms with E-state index in [2.05, 4.69) is 34.3 Å². The number of imidazole rings is 1. The van der Waals surface area contributed by atoms with Gasteiger partial charge in [-0.2, -0.15) is 0 Å². The Labute approximate surface area is 124 Å². The maximum atomic E-state index is 5.83. The number of hydrogen-bond acceptors (Lipinski definition) is 4. The van der Waals surface area contributed by atoms with Crippen molar-refractivity contribution in [3.8, 4) is 11.5 Å². The lowest BCUT2D eigenvalue weighted by atomic mass is 10.1. The van der Waals surface area contributed by atoms with E-state index in [9.17, 15) is 0 Å². The number of aromatic nitrogens is 2. The van der Waals surface area contributed by atoms with Gasteiger partial charge in [-0.05, 0) is 26.0 Å². The molecule has 21 heavy (non-hydrogen) atoms. The van der Waals surface area contributed by atoms with Gasteiger partial charge in [-0.25, -0.2) is 4.98 Å². The monoisotopic (exact) mass is 287 g/mol. The molecule has 1 aromatic carbocycles. The van der Waals surface area contributed by atoms with Gasteiger partial charge in [0.1, 0.15) is 23.4 Å². The van der Waals surface area contributed by atoms with Crippen molar-refractivity contribution in [3.05, 3.63) is 41.5 Å². The molecular weight excluding hydrogens is 266 g/mol. The van der Waals surface area contributed by atoms with E-state index in [4.69, 9.17) is 9.47 Å². The molecule has 3 rings (SSSR count). The summed E-state index contributed by atoms with van der Waals surface area (Å²) in [6, 6.07) is 4.21. The average Bonchev–Trinajstić information content (AvgIpc) is 3.07. The lowest BCUT2D eigenvalue weighted by Crippen LogP contribution is -2.14. The van der Waals surface area contributed by atoms with Crippen LogP contribution in [0.1, 0.15) is 30.8 Å². The van der Waals surface area contributed by atoms with Crippen molar-refractivity contribution in [2.75, 3.05) is 6.61 Å². The van der Waals surface area contributed by atoms with Crippen molar-refractivity contribution in [2.24, 2.45) is 0 Å². The summed E-state index contributed by atoms with van der Waals surface area (Å²) in [4.78, 5) is 7.28. The summed E-state index contributed by atoms with van der Waals surface area (Å²) in [6.07, 6.45) is 4.79. The van der Waals surface area contributed by atoms with Crippen LogP contribution in [0.5, 0.6) is 11.5 Å². The standard InChI is InChI=1S/C16H21N3O2/c1-3-20-14-7-12-6-11(2)21-15(12)8-13(14)9-17-10-16-18-4-5-19-16/h4-5,7-8,11,17H,3,6,9-10H2,1-2H3,(H,18,19)/t11-/m1/s1. The lowest BCUT2D eigenvalue weighted by Gasteiger charge is -2.13. The van der Waals surface area contributed by atoms with Gasteiger partial charge in [0.2, 0.25) is 0 Å². The van der Waals surface area contributed by atoms with Crippen LogP contribution in [-0.4, -0.2) is 22.7 Å². The van der Waals surface area contributed by atoms with E-state index in [0.717, 1.165) is 35.9 Å². The van der Waals surface area contributed by atoms with E-state index in [1.165, 1.54) is 5.56 Å². The third-order valence-corrected chi connectivity index (χ3v) is 3.54. The van der Waals surface area contributed by atoms with Gasteiger partial charge in [-0.3, -0.25) is 0 Å². The van der Waals surface area contributed by atoms with Crippen molar-refractivity contribution < 1.29 is 9.47 Å². The van der Waals surface area contributed by atoms with Crippen molar-refractivity contribution in [2.45, 2.75) is 39.5 Å². The molecule has 5 nitrogen and oxygen atoms in total. The second-order valence-electron chi connectivity index (χ2n) is 5.27. The Hall–Kier alpha value is -2.01. The second kappa shape index (κ2) is 6.18. The predicted octanol–water partition coefficient (Wildman–Crippen LogP) is 2.42. The van der Waals surface area contributed by atoms with E-state index < -0.39 is 0 Å². The van der Waals surface area contributed by atoms with Gasteiger partial charge in [0.05, 0.1) is 13.2 Å². The quantitative estimate of drug-likeness (QED) is 0.856. The Morgan fingerprint density at radius 2 is 2.33 bits per heavy atom. The molecule has 1 aliphatic heterocycles. The molecule has 0 aliphatic carbocycles. The zero-order valence-corrected chi connectivity index (χ0v) is 12.5. The predicted molar refractivity (Wildman–Crippen MR) is 80.5 cm³/mol. The molecule has 2 aromatic rings.